The fourth-order valence-electron chi connectivity index (χ4n) is 8.35. The molecule has 0 saturated carbocycles. The number of carbonyl (C=O) groups is 5. The van der Waals surface area contributed by atoms with Gasteiger partial charge in [-0.25, -0.2) is 0 Å². The van der Waals surface area contributed by atoms with E-state index in [0.29, 0.717) is 0 Å². The lowest BCUT2D eigenvalue weighted by molar-refractivity contribution is -0.336. The van der Waals surface area contributed by atoms with E-state index in [9.17, 15) is 24.0 Å². The first-order valence-corrected chi connectivity index (χ1v) is 23.6. The summed E-state index contributed by atoms with van der Waals surface area (Å²) in [5, 5.41) is 0. The molecule has 0 amide bonds. The minimum Gasteiger partial charge on any atom is -0.492 e. The van der Waals surface area contributed by atoms with Gasteiger partial charge in [-0.05, 0) is 22.3 Å². The van der Waals surface area contributed by atoms with Gasteiger partial charge in [-0.15, -0.1) is 0 Å². The molecule has 0 unspecified atom stereocenters. The minimum absolute atomic E-state index is 0.0423. The van der Waals surface area contributed by atoms with Crippen molar-refractivity contribution in [2.75, 3.05) is 19.8 Å². The van der Waals surface area contributed by atoms with Crippen molar-refractivity contribution in [2.24, 2.45) is 0 Å². The average Bonchev–Trinajstić information content (AvgIpc) is 3.37. The molecule has 2 saturated heterocycles. The van der Waals surface area contributed by atoms with Crippen LogP contribution in [0.1, 0.15) is 49.9 Å². The Morgan fingerprint density at radius 3 is 1.43 bits per heavy atom. The van der Waals surface area contributed by atoms with Crippen molar-refractivity contribution >= 4 is 29.7 Å². The second kappa shape index (κ2) is 26.9. The zero-order valence-electron chi connectivity index (χ0n) is 40.4. The molecule has 4 aromatic rings. The summed E-state index contributed by atoms with van der Waals surface area (Å²) >= 11 is 0. The summed E-state index contributed by atoms with van der Waals surface area (Å²) < 4.78 is 80.6. The van der Waals surface area contributed by atoms with Gasteiger partial charge in [0.2, 0.25) is 0 Å². The van der Waals surface area contributed by atoms with Gasteiger partial charge in [-0.2, -0.15) is 0 Å². The molecule has 2 fully saturated rings. The Morgan fingerprint density at radius 2 is 0.903 bits per heavy atom. The maximum Gasteiger partial charge on any atom is 0.303 e. The quantitative estimate of drug-likeness (QED) is 0.0650. The van der Waals surface area contributed by atoms with Crippen molar-refractivity contribution in [3.63, 3.8) is 0 Å². The third kappa shape index (κ3) is 15.6. The van der Waals surface area contributed by atoms with Gasteiger partial charge in [0.1, 0.15) is 37.1 Å². The van der Waals surface area contributed by atoms with Crippen molar-refractivity contribution < 1.29 is 85.6 Å². The Bertz CT molecular complexity index is 2370. The molecule has 12 atom stereocenters. The lowest BCUT2D eigenvalue weighted by Gasteiger charge is -2.46. The molecule has 3 aliphatic heterocycles. The van der Waals surface area contributed by atoms with Crippen LogP contribution in [0, 0.1) is 0 Å². The highest BCUT2D eigenvalue weighted by atomic mass is 16.8. The van der Waals surface area contributed by atoms with E-state index in [1.165, 1.54) is 6.26 Å². The highest BCUT2D eigenvalue weighted by Crippen LogP contribution is 2.34. The molecule has 3 heterocycles. The van der Waals surface area contributed by atoms with Crippen LogP contribution in [0.5, 0.6) is 0 Å². The fraction of sp³-hybridized carbons (Fsp3) is 0.426. The van der Waals surface area contributed by atoms with Gasteiger partial charge in [0, 0.05) is 33.8 Å². The molecular formula is C54H60O18. The van der Waals surface area contributed by atoms with Crippen molar-refractivity contribution in [3.8, 4) is 0 Å². The summed E-state index contributed by atoms with van der Waals surface area (Å²) in [5.41, 5.74) is 3.61. The van der Waals surface area contributed by atoms with Gasteiger partial charge >= 0.3 is 23.9 Å². The molecule has 384 valence electrons. The third-order valence-electron chi connectivity index (χ3n) is 11.6. The largest absolute Gasteiger partial charge is 0.492 e. The molecule has 4 aromatic carbocycles. The second-order valence-corrected chi connectivity index (χ2v) is 17.2. The SMILES string of the molecule is CC(=O)OC[C@H]1O[C@@H](O[C@H]2C(=O)C=CO[C@H]2CO[C@@H]2O[C@H](COCc3ccccc3)[C@H](OCc3ccccc3)[C@H](OCc3ccccc3)[C@H]2OCc2ccccc2)[C@H](OC(C)=O)[C@@H](OC(C)=O)[C@H]1OC(C)=O. The molecule has 3 aliphatic rings. The second-order valence-electron chi connectivity index (χ2n) is 17.2. The summed E-state index contributed by atoms with van der Waals surface area (Å²) in [6.07, 6.45) is -12.7. The van der Waals surface area contributed by atoms with Crippen LogP contribution in [0.3, 0.4) is 0 Å². The van der Waals surface area contributed by atoms with Crippen LogP contribution < -0.4 is 0 Å². The normalized spacial score (nSPS) is 27.0. The number of rotatable bonds is 23. The monoisotopic (exact) mass is 996 g/mol. The number of carbonyl (C=O) groups excluding carboxylic acids is 5. The number of benzene rings is 4. The Hall–Kier alpha value is -6.35. The number of hydrogen-bond donors (Lipinski definition) is 0. The van der Waals surface area contributed by atoms with E-state index in [4.69, 9.17) is 61.6 Å². The Balaban J connectivity index is 1.20. The van der Waals surface area contributed by atoms with E-state index in [1.54, 1.807) is 0 Å². The number of ketones is 1. The fourth-order valence-corrected chi connectivity index (χ4v) is 8.35. The first kappa shape index (κ1) is 53.4. The Kier molecular flexibility index (Phi) is 20.0. The van der Waals surface area contributed by atoms with E-state index < -0.39 is 110 Å². The highest BCUT2D eigenvalue weighted by molar-refractivity contribution is 5.94. The standard InChI is InChI=1S/C54H60O18/c1-34(55)62-33-45-48(67-35(2)56)50(68-36(3)57)52(69-37(4)58)54(71-45)72-46-42(59)25-26-61-43(46)32-66-53-51(65-30-41-23-15-8-16-24-41)49(64-29-40-21-13-7-14-22-40)47(63-28-39-19-11-6-12-20-39)44(70-53)31-60-27-38-17-9-5-10-18-38/h5-26,43-54H,27-33H2,1-4H3/t43-,44+,45+,46-,47-,48-,49-,50-,51+,52+,53+,54-/m0/s1. The van der Waals surface area contributed by atoms with E-state index in [0.717, 1.165) is 56.0 Å². The summed E-state index contributed by atoms with van der Waals surface area (Å²) in [7, 11) is 0. The molecule has 72 heavy (non-hydrogen) atoms. The van der Waals surface area contributed by atoms with E-state index in [2.05, 4.69) is 0 Å². The third-order valence-corrected chi connectivity index (χ3v) is 11.6. The van der Waals surface area contributed by atoms with Crippen LogP contribution in [0.4, 0.5) is 0 Å². The topological polar surface area (TPSA) is 205 Å². The first-order valence-electron chi connectivity index (χ1n) is 23.6. The van der Waals surface area contributed by atoms with Gasteiger partial charge in [0.25, 0.3) is 0 Å². The lowest BCUT2D eigenvalue weighted by atomic mass is 9.97. The maximum atomic E-state index is 13.9. The van der Waals surface area contributed by atoms with Crippen molar-refractivity contribution in [1.29, 1.82) is 0 Å². The number of ether oxygens (including phenoxy) is 13. The molecule has 0 radical (unpaired) electrons. The van der Waals surface area contributed by atoms with Crippen LogP contribution >= 0.6 is 0 Å². The molecule has 0 spiro atoms. The van der Waals surface area contributed by atoms with Crippen LogP contribution in [0.25, 0.3) is 0 Å². The summed E-state index contributed by atoms with van der Waals surface area (Å²) in [6.45, 7) is 4.37. The van der Waals surface area contributed by atoms with Gasteiger partial charge in [-0.3, -0.25) is 24.0 Å². The zero-order valence-corrected chi connectivity index (χ0v) is 40.4. The first-order chi connectivity index (χ1) is 34.9. The highest BCUT2D eigenvalue weighted by Gasteiger charge is 2.55. The van der Waals surface area contributed by atoms with E-state index >= 15 is 0 Å². The summed E-state index contributed by atoms with van der Waals surface area (Å²) in [5.74, 6) is -3.81. The van der Waals surface area contributed by atoms with Crippen molar-refractivity contribution in [2.45, 2.75) is 128 Å². The minimum atomic E-state index is -1.70. The predicted molar refractivity (Wildman–Crippen MR) is 252 cm³/mol. The lowest BCUT2D eigenvalue weighted by Crippen LogP contribution is -2.64. The van der Waals surface area contributed by atoms with Crippen LogP contribution in [-0.4, -0.2) is 123 Å². The van der Waals surface area contributed by atoms with Crippen LogP contribution in [-0.2, 0) is 112 Å². The average molecular weight is 997 g/mol. The molecule has 0 aromatic heterocycles. The van der Waals surface area contributed by atoms with Crippen molar-refractivity contribution in [1.82, 2.24) is 0 Å². The molecule has 18 heteroatoms. The van der Waals surface area contributed by atoms with E-state index in [-0.39, 0.29) is 39.6 Å². The number of hydrogen-bond acceptors (Lipinski definition) is 18. The molecule has 18 nitrogen and oxygen atoms in total. The molecule has 7 rings (SSSR count). The summed E-state index contributed by atoms with van der Waals surface area (Å²) in [6, 6.07) is 38.6. The van der Waals surface area contributed by atoms with E-state index in [1.807, 2.05) is 121 Å². The molecule has 0 aliphatic carbocycles. The van der Waals surface area contributed by atoms with Crippen LogP contribution in [0.2, 0.25) is 0 Å². The zero-order chi connectivity index (χ0) is 50.8. The van der Waals surface area contributed by atoms with Gasteiger partial charge in [0.15, 0.2) is 48.9 Å². The number of esters is 4. The van der Waals surface area contributed by atoms with Crippen LogP contribution in [0.15, 0.2) is 134 Å². The maximum absolute atomic E-state index is 13.9. The Morgan fingerprint density at radius 1 is 0.444 bits per heavy atom. The smallest absolute Gasteiger partial charge is 0.303 e. The van der Waals surface area contributed by atoms with Crippen molar-refractivity contribution in [3.05, 3.63) is 156 Å². The summed E-state index contributed by atoms with van der Waals surface area (Å²) in [4.78, 5) is 63.4. The molecule has 0 bridgehead atoms. The van der Waals surface area contributed by atoms with Gasteiger partial charge < -0.3 is 61.6 Å². The Labute approximate surface area is 417 Å². The molecule has 0 N–H and O–H groups in total. The molecular weight excluding hydrogens is 937 g/mol. The van der Waals surface area contributed by atoms with Gasteiger partial charge in [-0.1, -0.05) is 121 Å². The van der Waals surface area contributed by atoms with Gasteiger partial charge in [0.05, 0.1) is 45.9 Å². The predicted octanol–water partition coefficient (Wildman–Crippen LogP) is 5.65.